The Hall–Kier alpha value is -0.780. The second-order valence-electron chi connectivity index (χ2n) is 2.87. The summed E-state index contributed by atoms with van der Waals surface area (Å²) in [5.41, 5.74) is 5.84. The molecule has 84 valence electrons. The van der Waals surface area contributed by atoms with Gasteiger partial charge in [-0.05, 0) is 18.2 Å². The maximum absolute atomic E-state index is 13.2. The van der Waals surface area contributed by atoms with Gasteiger partial charge in [-0.1, -0.05) is 0 Å². The minimum Gasteiger partial charge on any atom is -0.399 e. The SMILES string of the molecule is Nc1ccc(SCCOCCO)c(F)c1. The Kier molecular flexibility index (Phi) is 5.45. The largest absolute Gasteiger partial charge is 0.399 e. The maximum Gasteiger partial charge on any atom is 0.138 e. The van der Waals surface area contributed by atoms with Gasteiger partial charge in [-0.3, -0.25) is 0 Å². The van der Waals surface area contributed by atoms with Crippen LogP contribution in [-0.4, -0.2) is 30.7 Å². The molecule has 1 aromatic carbocycles. The summed E-state index contributed by atoms with van der Waals surface area (Å²) >= 11 is 1.37. The number of aliphatic hydroxyl groups excluding tert-OH is 1. The maximum atomic E-state index is 13.2. The summed E-state index contributed by atoms with van der Waals surface area (Å²) in [6.45, 7) is 0.834. The third-order valence-corrected chi connectivity index (χ3v) is 2.69. The first kappa shape index (κ1) is 12.3. The van der Waals surface area contributed by atoms with E-state index >= 15 is 0 Å². The summed E-state index contributed by atoms with van der Waals surface area (Å²) in [4.78, 5) is 0.566. The highest BCUT2D eigenvalue weighted by Gasteiger charge is 2.02. The average molecular weight is 231 g/mol. The smallest absolute Gasteiger partial charge is 0.138 e. The number of anilines is 1. The number of rotatable bonds is 6. The van der Waals surface area contributed by atoms with Crippen LogP contribution in [0.3, 0.4) is 0 Å². The quantitative estimate of drug-likeness (QED) is 0.442. The Balaban J connectivity index is 2.31. The van der Waals surface area contributed by atoms with Crippen LogP contribution in [0.2, 0.25) is 0 Å². The number of nitrogens with two attached hydrogens (primary N) is 1. The normalized spacial score (nSPS) is 10.5. The lowest BCUT2D eigenvalue weighted by Gasteiger charge is -2.04. The van der Waals surface area contributed by atoms with Crippen molar-refractivity contribution in [2.45, 2.75) is 4.90 Å². The van der Waals surface area contributed by atoms with Gasteiger partial charge < -0.3 is 15.6 Å². The fourth-order valence-corrected chi connectivity index (χ4v) is 1.79. The van der Waals surface area contributed by atoms with Crippen LogP contribution in [0.4, 0.5) is 10.1 Å². The fraction of sp³-hybridized carbons (Fsp3) is 0.400. The van der Waals surface area contributed by atoms with Crippen molar-refractivity contribution in [1.29, 1.82) is 0 Å². The monoisotopic (exact) mass is 231 g/mol. The van der Waals surface area contributed by atoms with E-state index in [0.29, 0.717) is 29.5 Å². The van der Waals surface area contributed by atoms with Gasteiger partial charge in [0.2, 0.25) is 0 Å². The molecule has 0 atom stereocenters. The average Bonchev–Trinajstić information content (AvgIpc) is 2.20. The van der Waals surface area contributed by atoms with Crippen molar-refractivity contribution in [3.05, 3.63) is 24.0 Å². The molecule has 3 nitrogen and oxygen atoms in total. The molecule has 0 spiro atoms. The highest BCUT2D eigenvalue weighted by molar-refractivity contribution is 7.99. The summed E-state index contributed by atoms with van der Waals surface area (Å²) in [7, 11) is 0. The lowest BCUT2D eigenvalue weighted by Crippen LogP contribution is -2.02. The van der Waals surface area contributed by atoms with Gasteiger partial charge in [-0.2, -0.15) is 0 Å². The van der Waals surface area contributed by atoms with Crippen LogP contribution in [0, 0.1) is 5.82 Å². The Morgan fingerprint density at radius 2 is 2.20 bits per heavy atom. The van der Waals surface area contributed by atoms with Crippen LogP contribution in [-0.2, 0) is 4.74 Å². The minimum absolute atomic E-state index is 0.0148. The van der Waals surface area contributed by atoms with Crippen molar-refractivity contribution in [3.8, 4) is 0 Å². The fourth-order valence-electron chi connectivity index (χ4n) is 1.01. The van der Waals surface area contributed by atoms with Crippen molar-refractivity contribution in [3.63, 3.8) is 0 Å². The van der Waals surface area contributed by atoms with Gasteiger partial charge in [0.1, 0.15) is 5.82 Å². The van der Waals surface area contributed by atoms with E-state index in [1.807, 2.05) is 0 Å². The minimum atomic E-state index is -0.304. The van der Waals surface area contributed by atoms with E-state index in [-0.39, 0.29) is 12.4 Å². The number of nitrogen functional groups attached to an aromatic ring is 1. The van der Waals surface area contributed by atoms with Gasteiger partial charge in [0.25, 0.3) is 0 Å². The third kappa shape index (κ3) is 4.51. The Morgan fingerprint density at radius 3 is 2.87 bits per heavy atom. The Morgan fingerprint density at radius 1 is 1.40 bits per heavy atom. The lowest BCUT2D eigenvalue weighted by atomic mass is 10.3. The van der Waals surface area contributed by atoms with Crippen molar-refractivity contribution in [2.24, 2.45) is 0 Å². The molecule has 0 aliphatic heterocycles. The molecule has 1 rings (SSSR count). The predicted octanol–water partition coefficient (Wildman–Crippen LogP) is 1.51. The molecule has 0 aliphatic carbocycles. The number of benzene rings is 1. The first-order valence-electron chi connectivity index (χ1n) is 4.60. The predicted molar refractivity (Wildman–Crippen MR) is 59.4 cm³/mol. The van der Waals surface area contributed by atoms with Crippen LogP contribution in [0.25, 0.3) is 0 Å². The van der Waals surface area contributed by atoms with Gasteiger partial charge >= 0.3 is 0 Å². The first-order valence-corrected chi connectivity index (χ1v) is 5.59. The zero-order valence-corrected chi connectivity index (χ0v) is 9.10. The molecule has 5 heteroatoms. The van der Waals surface area contributed by atoms with Crippen LogP contribution in [0.15, 0.2) is 23.1 Å². The zero-order valence-electron chi connectivity index (χ0n) is 8.28. The van der Waals surface area contributed by atoms with Gasteiger partial charge in [0.15, 0.2) is 0 Å². The number of aliphatic hydroxyl groups is 1. The molecular formula is C10H14FNO2S. The molecule has 0 saturated carbocycles. The lowest BCUT2D eigenvalue weighted by molar-refractivity contribution is 0.103. The van der Waals surface area contributed by atoms with E-state index in [4.69, 9.17) is 15.6 Å². The van der Waals surface area contributed by atoms with E-state index in [0.717, 1.165) is 0 Å². The summed E-state index contributed by atoms with van der Waals surface area (Å²) < 4.78 is 18.3. The van der Waals surface area contributed by atoms with Crippen molar-refractivity contribution in [1.82, 2.24) is 0 Å². The Labute approximate surface area is 92.4 Å². The van der Waals surface area contributed by atoms with Crippen LogP contribution in [0.5, 0.6) is 0 Å². The summed E-state index contributed by atoms with van der Waals surface area (Å²) in [5, 5.41) is 8.45. The van der Waals surface area contributed by atoms with Crippen LogP contribution < -0.4 is 5.73 Å². The van der Waals surface area contributed by atoms with Gasteiger partial charge in [-0.15, -0.1) is 11.8 Å². The molecule has 0 fully saturated rings. The molecule has 0 unspecified atom stereocenters. The van der Waals surface area contributed by atoms with E-state index in [2.05, 4.69) is 0 Å². The molecule has 0 amide bonds. The molecule has 0 heterocycles. The molecule has 1 aromatic rings. The van der Waals surface area contributed by atoms with Crippen LogP contribution >= 0.6 is 11.8 Å². The first-order chi connectivity index (χ1) is 7.24. The van der Waals surface area contributed by atoms with Gasteiger partial charge in [-0.25, -0.2) is 4.39 Å². The van der Waals surface area contributed by atoms with Crippen molar-refractivity contribution >= 4 is 17.4 Å². The molecule has 3 N–H and O–H groups in total. The molecule has 0 aliphatic rings. The molecule has 0 radical (unpaired) electrons. The van der Waals surface area contributed by atoms with Crippen molar-refractivity contribution in [2.75, 3.05) is 31.3 Å². The topological polar surface area (TPSA) is 55.5 Å². The second kappa shape index (κ2) is 6.66. The number of ether oxygens (including phenoxy) is 1. The standard InChI is InChI=1S/C10H14FNO2S/c11-9-7-8(12)1-2-10(9)15-6-5-14-4-3-13/h1-2,7,13H,3-6,12H2. The van der Waals surface area contributed by atoms with E-state index in [1.54, 1.807) is 12.1 Å². The van der Waals surface area contributed by atoms with Crippen molar-refractivity contribution < 1.29 is 14.2 Å². The van der Waals surface area contributed by atoms with E-state index < -0.39 is 0 Å². The van der Waals surface area contributed by atoms with E-state index in [1.165, 1.54) is 17.8 Å². The molecule has 15 heavy (non-hydrogen) atoms. The molecule has 0 saturated heterocycles. The van der Waals surface area contributed by atoms with Gasteiger partial charge in [0, 0.05) is 16.3 Å². The number of hydrogen-bond donors (Lipinski definition) is 2. The highest BCUT2D eigenvalue weighted by Crippen LogP contribution is 2.23. The number of thioether (sulfide) groups is 1. The number of halogens is 1. The highest BCUT2D eigenvalue weighted by atomic mass is 32.2. The van der Waals surface area contributed by atoms with Gasteiger partial charge in [0.05, 0.1) is 19.8 Å². The Bertz CT molecular complexity index is 309. The number of hydrogen-bond acceptors (Lipinski definition) is 4. The molecule has 0 bridgehead atoms. The summed E-state index contributed by atoms with van der Waals surface area (Å²) in [6.07, 6.45) is 0. The molecule has 0 aromatic heterocycles. The zero-order chi connectivity index (χ0) is 11.1. The third-order valence-electron chi connectivity index (χ3n) is 1.68. The molecular weight excluding hydrogens is 217 g/mol. The van der Waals surface area contributed by atoms with E-state index in [9.17, 15) is 4.39 Å². The second-order valence-corrected chi connectivity index (χ2v) is 4.01. The summed E-state index contributed by atoms with van der Waals surface area (Å²) in [6, 6.07) is 4.62. The van der Waals surface area contributed by atoms with Crippen LogP contribution in [0.1, 0.15) is 0 Å². The summed E-state index contributed by atoms with van der Waals surface area (Å²) in [5.74, 6) is 0.350.